The van der Waals surface area contributed by atoms with Gasteiger partial charge in [0.05, 0.1) is 5.52 Å². The van der Waals surface area contributed by atoms with Crippen LogP contribution in [0.5, 0.6) is 0 Å². The SMILES string of the molecule is Cc1ccc2c(Nc3ccc(C)c(C)c3)nc(-c3cccnc3)nc2c1. The zero-order chi connectivity index (χ0) is 18.1. The van der Waals surface area contributed by atoms with Crippen LogP contribution in [0.1, 0.15) is 16.7 Å². The predicted octanol–water partition coefficient (Wildman–Crippen LogP) is 5.36. The van der Waals surface area contributed by atoms with E-state index in [1.54, 1.807) is 12.4 Å². The lowest BCUT2D eigenvalue weighted by molar-refractivity contribution is 1.20. The molecule has 0 aliphatic carbocycles. The summed E-state index contributed by atoms with van der Waals surface area (Å²) in [6.45, 7) is 6.30. The van der Waals surface area contributed by atoms with Gasteiger partial charge in [-0.05, 0) is 73.9 Å². The predicted molar refractivity (Wildman–Crippen MR) is 107 cm³/mol. The van der Waals surface area contributed by atoms with Crippen molar-refractivity contribution in [3.63, 3.8) is 0 Å². The molecule has 0 radical (unpaired) electrons. The summed E-state index contributed by atoms with van der Waals surface area (Å²) in [6.07, 6.45) is 3.54. The number of nitrogens with one attached hydrogen (secondary N) is 1. The van der Waals surface area contributed by atoms with E-state index >= 15 is 0 Å². The summed E-state index contributed by atoms with van der Waals surface area (Å²) >= 11 is 0. The minimum Gasteiger partial charge on any atom is -0.340 e. The molecule has 26 heavy (non-hydrogen) atoms. The molecule has 2 heterocycles. The summed E-state index contributed by atoms with van der Waals surface area (Å²) in [4.78, 5) is 13.7. The highest BCUT2D eigenvalue weighted by atomic mass is 15.0. The summed E-state index contributed by atoms with van der Waals surface area (Å²) in [5.41, 5.74) is 6.53. The van der Waals surface area contributed by atoms with Crippen molar-refractivity contribution in [3.8, 4) is 11.4 Å². The van der Waals surface area contributed by atoms with E-state index in [1.807, 2.05) is 12.1 Å². The van der Waals surface area contributed by atoms with Crippen LogP contribution in [0.25, 0.3) is 22.3 Å². The molecule has 4 aromatic rings. The van der Waals surface area contributed by atoms with Crippen LogP contribution in [0.4, 0.5) is 11.5 Å². The Morgan fingerprint density at radius 2 is 1.73 bits per heavy atom. The second-order valence-corrected chi connectivity index (χ2v) is 6.58. The zero-order valence-electron chi connectivity index (χ0n) is 15.1. The van der Waals surface area contributed by atoms with Gasteiger partial charge in [0.1, 0.15) is 5.82 Å². The van der Waals surface area contributed by atoms with Crippen molar-refractivity contribution in [2.75, 3.05) is 5.32 Å². The number of rotatable bonds is 3. The minimum absolute atomic E-state index is 0.669. The first-order chi connectivity index (χ1) is 12.6. The van der Waals surface area contributed by atoms with Crippen LogP contribution in [0.2, 0.25) is 0 Å². The van der Waals surface area contributed by atoms with E-state index in [-0.39, 0.29) is 0 Å². The Morgan fingerprint density at radius 1 is 0.846 bits per heavy atom. The Kier molecular flexibility index (Phi) is 4.09. The van der Waals surface area contributed by atoms with Crippen molar-refractivity contribution in [1.82, 2.24) is 15.0 Å². The van der Waals surface area contributed by atoms with E-state index < -0.39 is 0 Å². The molecule has 0 bridgehead atoms. The lowest BCUT2D eigenvalue weighted by Crippen LogP contribution is -2.00. The van der Waals surface area contributed by atoms with Crippen molar-refractivity contribution in [2.24, 2.45) is 0 Å². The van der Waals surface area contributed by atoms with E-state index in [1.165, 1.54) is 16.7 Å². The molecule has 2 aromatic heterocycles. The Balaban J connectivity index is 1.87. The second-order valence-electron chi connectivity index (χ2n) is 6.58. The van der Waals surface area contributed by atoms with Crippen LogP contribution >= 0.6 is 0 Å². The van der Waals surface area contributed by atoms with Gasteiger partial charge < -0.3 is 5.32 Å². The van der Waals surface area contributed by atoms with Crippen LogP contribution in [-0.2, 0) is 0 Å². The van der Waals surface area contributed by atoms with Gasteiger partial charge in [0.15, 0.2) is 5.82 Å². The standard InChI is InChI=1S/C22H20N4/c1-14-6-9-19-20(11-14)25-21(17-5-4-10-23-13-17)26-22(19)24-18-8-7-15(2)16(3)12-18/h4-13H,1-3H3,(H,24,25,26). The topological polar surface area (TPSA) is 50.7 Å². The molecule has 4 heteroatoms. The van der Waals surface area contributed by atoms with Crippen LogP contribution < -0.4 is 5.32 Å². The smallest absolute Gasteiger partial charge is 0.163 e. The molecule has 1 N–H and O–H groups in total. The molecule has 0 amide bonds. The number of hydrogen-bond donors (Lipinski definition) is 1. The molecule has 0 aliphatic rings. The van der Waals surface area contributed by atoms with E-state index in [0.29, 0.717) is 5.82 Å². The normalized spacial score (nSPS) is 10.9. The van der Waals surface area contributed by atoms with E-state index in [4.69, 9.17) is 9.97 Å². The van der Waals surface area contributed by atoms with Gasteiger partial charge in [-0.3, -0.25) is 4.98 Å². The van der Waals surface area contributed by atoms with Crippen LogP contribution in [0, 0.1) is 20.8 Å². The Bertz CT molecular complexity index is 1090. The minimum atomic E-state index is 0.669. The van der Waals surface area contributed by atoms with E-state index in [0.717, 1.165) is 28.0 Å². The average molecular weight is 340 g/mol. The number of aryl methyl sites for hydroxylation is 3. The van der Waals surface area contributed by atoms with Crippen LogP contribution in [0.3, 0.4) is 0 Å². The molecule has 0 unspecified atom stereocenters. The number of hydrogen-bond acceptors (Lipinski definition) is 4. The summed E-state index contributed by atoms with van der Waals surface area (Å²) in [6, 6.07) is 16.5. The van der Waals surface area contributed by atoms with Gasteiger partial charge in [-0.15, -0.1) is 0 Å². The quantitative estimate of drug-likeness (QED) is 0.545. The molecule has 128 valence electrons. The third-order valence-corrected chi connectivity index (χ3v) is 4.54. The highest BCUT2D eigenvalue weighted by Gasteiger charge is 2.10. The first kappa shape index (κ1) is 16.2. The molecule has 0 fully saturated rings. The van der Waals surface area contributed by atoms with Gasteiger partial charge in [0.2, 0.25) is 0 Å². The first-order valence-corrected chi connectivity index (χ1v) is 8.63. The average Bonchev–Trinajstić information content (AvgIpc) is 2.65. The molecule has 0 aliphatic heterocycles. The van der Waals surface area contributed by atoms with Crippen molar-refractivity contribution in [1.29, 1.82) is 0 Å². The number of anilines is 2. The molecular formula is C22H20N4. The van der Waals surface area contributed by atoms with Gasteiger partial charge in [0.25, 0.3) is 0 Å². The molecule has 4 rings (SSSR count). The van der Waals surface area contributed by atoms with E-state index in [9.17, 15) is 0 Å². The van der Waals surface area contributed by atoms with Gasteiger partial charge in [-0.2, -0.15) is 0 Å². The largest absolute Gasteiger partial charge is 0.340 e. The summed E-state index contributed by atoms with van der Waals surface area (Å²) in [5, 5.41) is 4.47. The van der Waals surface area contributed by atoms with Crippen LogP contribution in [0.15, 0.2) is 60.9 Å². The zero-order valence-corrected chi connectivity index (χ0v) is 15.1. The number of nitrogens with zero attached hydrogens (tertiary/aromatic N) is 3. The number of aromatic nitrogens is 3. The van der Waals surface area contributed by atoms with Gasteiger partial charge in [-0.25, -0.2) is 9.97 Å². The fraction of sp³-hybridized carbons (Fsp3) is 0.136. The number of pyridine rings is 1. The molecule has 4 nitrogen and oxygen atoms in total. The van der Waals surface area contributed by atoms with E-state index in [2.05, 4.69) is 67.5 Å². The van der Waals surface area contributed by atoms with Crippen molar-refractivity contribution in [2.45, 2.75) is 20.8 Å². The van der Waals surface area contributed by atoms with Gasteiger partial charge >= 0.3 is 0 Å². The molecule has 2 aromatic carbocycles. The third-order valence-electron chi connectivity index (χ3n) is 4.54. The lowest BCUT2D eigenvalue weighted by atomic mass is 10.1. The summed E-state index contributed by atoms with van der Waals surface area (Å²) in [7, 11) is 0. The third kappa shape index (κ3) is 3.14. The summed E-state index contributed by atoms with van der Waals surface area (Å²) < 4.78 is 0. The lowest BCUT2D eigenvalue weighted by Gasteiger charge is -2.12. The highest BCUT2D eigenvalue weighted by Crippen LogP contribution is 2.28. The molecular weight excluding hydrogens is 320 g/mol. The van der Waals surface area contributed by atoms with Gasteiger partial charge in [-0.1, -0.05) is 12.1 Å². The number of fused-ring (bicyclic) bond motifs is 1. The fourth-order valence-electron chi connectivity index (χ4n) is 2.91. The van der Waals surface area contributed by atoms with Crippen molar-refractivity contribution < 1.29 is 0 Å². The second kappa shape index (κ2) is 6.56. The molecule has 0 spiro atoms. The monoisotopic (exact) mass is 340 g/mol. The summed E-state index contributed by atoms with van der Waals surface area (Å²) in [5.74, 6) is 1.47. The Labute approximate surface area is 153 Å². The maximum absolute atomic E-state index is 4.79. The van der Waals surface area contributed by atoms with Crippen molar-refractivity contribution >= 4 is 22.4 Å². The number of benzene rings is 2. The molecule has 0 atom stereocenters. The first-order valence-electron chi connectivity index (χ1n) is 8.63. The highest BCUT2D eigenvalue weighted by molar-refractivity contribution is 5.92. The van der Waals surface area contributed by atoms with Gasteiger partial charge in [0, 0.05) is 29.0 Å². The molecule has 0 saturated heterocycles. The van der Waals surface area contributed by atoms with Crippen LogP contribution in [-0.4, -0.2) is 15.0 Å². The Hall–Kier alpha value is -3.27. The molecule has 0 saturated carbocycles. The van der Waals surface area contributed by atoms with Crippen molar-refractivity contribution in [3.05, 3.63) is 77.6 Å². The Morgan fingerprint density at radius 3 is 2.50 bits per heavy atom. The fourth-order valence-corrected chi connectivity index (χ4v) is 2.91. The maximum Gasteiger partial charge on any atom is 0.163 e. The maximum atomic E-state index is 4.79.